The second kappa shape index (κ2) is 8.21. The lowest BCUT2D eigenvalue weighted by molar-refractivity contribution is 0.282. The monoisotopic (exact) mass is 403 g/mol. The van der Waals surface area contributed by atoms with Crippen LogP contribution in [0, 0.1) is 0 Å². The van der Waals surface area contributed by atoms with Crippen molar-refractivity contribution in [3.8, 4) is 28.8 Å². The number of ether oxygens (including phenoxy) is 1. The molecule has 0 saturated carbocycles. The third-order valence-electron chi connectivity index (χ3n) is 4.13. The van der Waals surface area contributed by atoms with E-state index >= 15 is 0 Å². The van der Waals surface area contributed by atoms with Crippen LogP contribution in [-0.4, -0.2) is 27.2 Å². The van der Waals surface area contributed by atoms with E-state index in [9.17, 15) is 5.11 Å². The van der Waals surface area contributed by atoms with Crippen LogP contribution in [-0.2, 0) is 6.61 Å². The minimum absolute atomic E-state index is 0.103. The molecule has 0 radical (unpaired) electrons. The third kappa shape index (κ3) is 4.21. The summed E-state index contributed by atoms with van der Waals surface area (Å²) in [6.07, 6.45) is 0. The summed E-state index contributed by atoms with van der Waals surface area (Å²) < 4.78 is 5.26. The average Bonchev–Trinajstić information content (AvgIpc) is 2.68. The van der Waals surface area contributed by atoms with Gasteiger partial charge in [-0.2, -0.15) is 9.97 Å². The van der Waals surface area contributed by atoms with Gasteiger partial charge >= 0.3 is 6.01 Å². The van der Waals surface area contributed by atoms with Crippen molar-refractivity contribution in [2.24, 2.45) is 0 Å². The topological polar surface area (TPSA) is 68.1 Å². The number of methoxy groups -OCH3 is 1. The molecule has 2 aromatic carbocycles. The van der Waals surface area contributed by atoms with Crippen LogP contribution in [0.15, 0.2) is 36.4 Å². The van der Waals surface area contributed by atoms with Gasteiger partial charge in [0, 0.05) is 16.1 Å². The highest BCUT2D eigenvalue weighted by atomic mass is 35.5. The standard InChI is InChI=1S/C20H19Cl2N3O2/c1-11(2)14-9-13(5-7-16(14)21)18-23-19(25-20(24-18)27-3)15-8-12(10-26)4-6-17(15)22/h4-9,11,26H,10H2,1-3H3. The van der Waals surface area contributed by atoms with E-state index in [4.69, 9.17) is 27.9 Å². The number of halogens is 2. The van der Waals surface area contributed by atoms with Crippen LogP contribution < -0.4 is 4.74 Å². The third-order valence-corrected chi connectivity index (χ3v) is 4.80. The predicted octanol–water partition coefficient (Wildman–Crippen LogP) is 5.14. The molecule has 0 aliphatic heterocycles. The molecular weight excluding hydrogens is 385 g/mol. The van der Waals surface area contributed by atoms with Crippen molar-refractivity contribution in [2.45, 2.75) is 26.4 Å². The molecular formula is C20H19Cl2N3O2. The molecule has 3 rings (SSSR count). The van der Waals surface area contributed by atoms with E-state index in [1.54, 1.807) is 18.2 Å². The maximum absolute atomic E-state index is 9.41. The van der Waals surface area contributed by atoms with Crippen LogP contribution in [0.3, 0.4) is 0 Å². The van der Waals surface area contributed by atoms with Gasteiger partial charge in [-0.05, 0) is 47.4 Å². The highest BCUT2D eigenvalue weighted by Crippen LogP contribution is 2.32. The second-order valence-corrected chi connectivity index (χ2v) is 7.15. The first-order chi connectivity index (χ1) is 12.9. The van der Waals surface area contributed by atoms with Gasteiger partial charge in [0.05, 0.1) is 18.7 Å². The van der Waals surface area contributed by atoms with E-state index in [-0.39, 0.29) is 18.5 Å². The molecule has 7 heteroatoms. The largest absolute Gasteiger partial charge is 0.467 e. The van der Waals surface area contributed by atoms with Gasteiger partial charge in [-0.15, -0.1) is 0 Å². The summed E-state index contributed by atoms with van der Waals surface area (Å²) in [4.78, 5) is 13.3. The molecule has 0 unspecified atom stereocenters. The smallest absolute Gasteiger partial charge is 0.320 e. The predicted molar refractivity (Wildman–Crippen MR) is 107 cm³/mol. The molecule has 0 fully saturated rings. The zero-order valence-corrected chi connectivity index (χ0v) is 16.7. The molecule has 0 amide bonds. The van der Waals surface area contributed by atoms with E-state index in [0.717, 1.165) is 11.1 Å². The van der Waals surface area contributed by atoms with Crippen LogP contribution in [0.2, 0.25) is 10.0 Å². The fraction of sp³-hybridized carbons (Fsp3) is 0.250. The molecule has 0 aliphatic rings. The first-order valence-electron chi connectivity index (χ1n) is 8.42. The second-order valence-electron chi connectivity index (χ2n) is 6.33. The van der Waals surface area contributed by atoms with Crippen molar-refractivity contribution in [3.63, 3.8) is 0 Å². The summed E-state index contributed by atoms with van der Waals surface area (Å²) >= 11 is 12.6. The number of hydrogen-bond donors (Lipinski definition) is 1. The number of aliphatic hydroxyl groups excluding tert-OH is 1. The Labute approximate surface area is 168 Å². The highest BCUT2D eigenvalue weighted by Gasteiger charge is 2.15. The van der Waals surface area contributed by atoms with E-state index in [2.05, 4.69) is 28.8 Å². The number of benzene rings is 2. The Bertz CT molecular complexity index is 977. The summed E-state index contributed by atoms with van der Waals surface area (Å²) in [6.45, 7) is 4.04. The number of nitrogens with zero attached hydrogens (tertiary/aromatic N) is 3. The lowest BCUT2D eigenvalue weighted by Crippen LogP contribution is -2.02. The number of aliphatic hydroxyl groups is 1. The van der Waals surface area contributed by atoms with Gasteiger partial charge in [0.15, 0.2) is 11.6 Å². The summed E-state index contributed by atoms with van der Waals surface area (Å²) in [5.41, 5.74) is 3.13. The first-order valence-corrected chi connectivity index (χ1v) is 9.18. The van der Waals surface area contributed by atoms with Gasteiger partial charge in [0.1, 0.15) is 0 Å². The van der Waals surface area contributed by atoms with Crippen molar-refractivity contribution in [1.29, 1.82) is 0 Å². The Balaban J connectivity index is 2.17. The van der Waals surface area contributed by atoms with E-state index in [1.165, 1.54) is 7.11 Å². The van der Waals surface area contributed by atoms with E-state index in [1.807, 2.05) is 18.2 Å². The van der Waals surface area contributed by atoms with Crippen molar-refractivity contribution >= 4 is 23.2 Å². The SMILES string of the molecule is COc1nc(-c2ccc(Cl)c(C(C)C)c2)nc(-c2cc(CO)ccc2Cl)n1. The molecule has 3 aromatic rings. The molecule has 1 heterocycles. The molecule has 27 heavy (non-hydrogen) atoms. The summed E-state index contributed by atoms with van der Waals surface area (Å²) in [7, 11) is 1.50. The summed E-state index contributed by atoms with van der Waals surface area (Å²) in [5.74, 6) is 1.09. The van der Waals surface area contributed by atoms with E-state index in [0.29, 0.717) is 32.8 Å². The van der Waals surface area contributed by atoms with E-state index < -0.39 is 0 Å². The summed E-state index contributed by atoms with van der Waals surface area (Å²) in [6, 6.07) is 11.1. The normalized spacial score (nSPS) is 11.1. The van der Waals surface area contributed by atoms with Crippen LogP contribution in [0.5, 0.6) is 6.01 Å². The van der Waals surface area contributed by atoms with Crippen LogP contribution in [0.1, 0.15) is 30.9 Å². The van der Waals surface area contributed by atoms with Crippen LogP contribution in [0.25, 0.3) is 22.8 Å². The molecule has 1 aromatic heterocycles. The van der Waals surface area contributed by atoms with Crippen molar-refractivity contribution in [2.75, 3.05) is 7.11 Å². The Morgan fingerprint density at radius 3 is 2.33 bits per heavy atom. The van der Waals surface area contributed by atoms with Crippen molar-refractivity contribution < 1.29 is 9.84 Å². The van der Waals surface area contributed by atoms with Crippen LogP contribution >= 0.6 is 23.2 Å². The highest BCUT2D eigenvalue weighted by molar-refractivity contribution is 6.33. The fourth-order valence-corrected chi connectivity index (χ4v) is 3.20. The number of aromatic nitrogens is 3. The molecule has 0 saturated heterocycles. The van der Waals surface area contributed by atoms with Crippen LogP contribution in [0.4, 0.5) is 0 Å². The first kappa shape index (κ1) is 19.5. The molecule has 0 spiro atoms. The zero-order chi connectivity index (χ0) is 19.6. The minimum Gasteiger partial charge on any atom is -0.467 e. The number of rotatable bonds is 5. The number of hydrogen-bond acceptors (Lipinski definition) is 5. The summed E-state index contributed by atoms with van der Waals surface area (Å²) in [5, 5.41) is 10.6. The van der Waals surface area contributed by atoms with Crippen molar-refractivity contribution in [3.05, 3.63) is 57.6 Å². The molecule has 5 nitrogen and oxygen atoms in total. The Hall–Kier alpha value is -2.21. The maximum Gasteiger partial charge on any atom is 0.320 e. The Kier molecular flexibility index (Phi) is 5.95. The van der Waals surface area contributed by atoms with Gasteiger partial charge < -0.3 is 9.84 Å². The quantitative estimate of drug-likeness (QED) is 0.638. The fourth-order valence-electron chi connectivity index (χ4n) is 2.66. The molecule has 0 atom stereocenters. The molecule has 0 bridgehead atoms. The molecule has 1 N–H and O–H groups in total. The lowest BCUT2D eigenvalue weighted by atomic mass is 10.0. The lowest BCUT2D eigenvalue weighted by Gasteiger charge is -2.12. The van der Waals surface area contributed by atoms with Gasteiger partial charge in [-0.3, -0.25) is 0 Å². The molecule has 140 valence electrons. The van der Waals surface area contributed by atoms with Crippen molar-refractivity contribution in [1.82, 2.24) is 15.0 Å². The maximum atomic E-state index is 9.41. The minimum atomic E-state index is -0.103. The van der Waals surface area contributed by atoms with Gasteiger partial charge in [-0.25, -0.2) is 4.98 Å². The molecule has 0 aliphatic carbocycles. The Morgan fingerprint density at radius 1 is 0.963 bits per heavy atom. The average molecular weight is 404 g/mol. The van der Waals surface area contributed by atoms with Gasteiger partial charge in [0.25, 0.3) is 0 Å². The van der Waals surface area contributed by atoms with Gasteiger partial charge in [-0.1, -0.05) is 43.1 Å². The van der Waals surface area contributed by atoms with Gasteiger partial charge in [0.2, 0.25) is 0 Å². The zero-order valence-electron chi connectivity index (χ0n) is 15.2. The Morgan fingerprint density at radius 2 is 1.67 bits per heavy atom.